The Morgan fingerprint density at radius 2 is 1.92 bits per heavy atom. The Morgan fingerprint density at radius 1 is 1.23 bits per heavy atom. The van der Waals surface area contributed by atoms with Crippen molar-refractivity contribution in [1.29, 1.82) is 0 Å². The summed E-state index contributed by atoms with van der Waals surface area (Å²) in [4.78, 5) is 1.74. The second kappa shape index (κ2) is 3.03. The smallest absolute Gasteiger partial charge is 0.0601 e. The quantitative estimate of drug-likeness (QED) is 0.625. The molecule has 3 aliphatic carbocycles. The third kappa shape index (κ3) is 1.18. The zero-order valence-electron chi connectivity index (χ0n) is 7.88. The van der Waals surface area contributed by atoms with Gasteiger partial charge in [0, 0.05) is 4.88 Å². The van der Waals surface area contributed by atoms with E-state index >= 15 is 0 Å². The minimum atomic E-state index is 0.928. The van der Waals surface area contributed by atoms with Gasteiger partial charge in [0.2, 0.25) is 0 Å². The van der Waals surface area contributed by atoms with Crippen molar-refractivity contribution in [2.24, 2.45) is 0 Å². The molecule has 0 nitrogen and oxygen atoms in total. The van der Waals surface area contributed by atoms with Crippen molar-refractivity contribution >= 4 is 23.1 Å². The highest BCUT2D eigenvalue weighted by atomic mass is 32.2. The lowest BCUT2D eigenvalue weighted by molar-refractivity contribution is 0.365. The average molecular weight is 210 g/mol. The molecule has 0 unspecified atom stereocenters. The van der Waals surface area contributed by atoms with Gasteiger partial charge in [-0.15, -0.1) is 23.1 Å². The van der Waals surface area contributed by atoms with Crippen molar-refractivity contribution in [2.45, 2.75) is 41.7 Å². The third-order valence-corrected chi connectivity index (χ3v) is 5.89. The molecule has 1 fully saturated rings. The van der Waals surface area contributed by atoms with E-state index in [0.29, 0.717) is 0 Å². The molecule has 0 aromatic carbocycles. The van der Waals surface area contributed by atoms with Gasteiger partial charge in [0.15, 0.2) is 0 Å². The van der Waals surface area contributed by atoms with Gasteiger partial charge in [-0.2, -0.15) is 0 Å². The van der Waals surface area contributed by atoms with Crippen molar-refractivity contribution < 1.29 is 0 Å². The number of thiophene rings is 1. The lowest BCUT2D eigenvalue weighted by Crippen LogP contribution is -2.19. The van der Waals surface area contributed by atoms with Gasteiger partial charge < -0.3 is 0 Å². The number of hydrogen-bond donors (Lipinski definition) is 0. The Bertz CT molecular complexity index is 289. The van der Waals surface area contributed by atoms with Crippen LogP contribution in [-0.4, -0.2) is 6.26 Å². The number of fused-ring (bicyclic) bond motifs is 2. The summed E-state index contributed by atoms with van der Waals surface area (Å²) in [7, 11) is 0. The van der Waals surface area contributed by atoms with E-state index in [4.69, 9.17) is 0 Å². The standard InChI is InChI=1S/C11H14S2/c1-12-10-6-9-7-2-4-8(5-3-7)11(9)13-10/h6-8H,2-5H2,1H3. The van der Waals surface area contributed by atoms with E-state index in [2.05, 4.69) is 23.7 Å². The highest BCUT2D eigenvalue weighted by Gasteiger charge is 2.34. The van der Waals surface area contributed by atoms with Gasteiger partial charge in [-0.3, -0.25) is 0 Å². The first-order valence-corrected chi connectivity index (χ1v) is 7.10. The molecule has 1 heterocycles. The highest BCUT2D eigenvalue weighted by Crippen LogP contribution is 2.53. The Kier molecular flexibility index (Phi) is 1.95. The van der Waals surface area contributed by atoms with Gasteiger partial charge in [-0.1, -0.05) is 0 Å². The lowest BCUT2D eigenvalue weighted by atomic mass is 9.71. The Labute approximate surface area is 87.7 Å². The number of rotatable bonds is 1. The molecule has 2 bridgehead atoms. The molecule has 1 aromatic rings. The van der Waals surface area contributed by atoms with E-state index in [1.54, 1.807) is 10.4 Å². The minimum absolute atomic E-state index is 0.928. The minimum Gasteiger partial charge on any atom is -0.133 e. The molecule has 1 aromatic heterocycles. The summed E-state index contributed by atoms with van der Waals surface area (Å²) in [5.74, 6) is 1.86. The zero-order chi connectivity index (χ0) is 8.84. The lowest BCUT2D eigenvalue weighted by Gasteiger charge is -2.35. The molecule has 3 aliphatic rings. The van der Waals surface area contributed by atoms with Crippen molar-refractivity contribution in [3.63, 3.8) is 0 Å². The first-order chi connectivity index (χ1) is 6.38. The van der Waals surface area contributed by atoms with E-state index in [1.807, 2.05) is 11.8 Å². The summed E-state index contributed by atoms with van der Waals surface area (Å²) in [6.45, 7) is 0. The first-order valence-electron chi connectivity index (χ1n) is 5.06. The van der Waals surface area contributed by atoms with Gasteiger partial charge in [0.25, 0.3) is 0 Å². The van der Waals surface area contributed by atoms with Crippen LogP contribution in [-0.2, 0) is 0 Å². The van der Waals surface area contributed by atoms with E-state index in [1.165, 1.54) is 29.9 Å². The Balaban J connectivity index is 2.10. The fourth-order valence-corrected chi connectivity index (χ4v) is 4.80. The van der Waals surface area contributed by atoms with Crippen LogP contribution in [0.25, 0.3) is 0 Å². The van der Waals surface area contributed by atoms with E-state index in [0.717, 1.165) is 11.8 Å². The van der Waals surface area contributed by atoms with Crippen LogP contribution in [0.4, 0.5) is 0 Å². The van der Waals surface area contributed by atoms with Crippen molar-refractivity contribution in [2.75, 3.05) is 6.26 Å². The van der Waals surface area contributed by atoms with Crippen LogP contribution < -0.4 is 0 Å². The molecule has 0 spiro atoms. The molecule has 4 rings (SSSR count). The summed E-state index contributed by atoms with van der Waals surface area (Å²) in [5.41, 5.74) is 1.72. The van der Waals surface area contributed by atoms with Crippen LogP contribution in [0.2, 0.25) is 0 Å². The molecule has 13 heavy (non-hydrogen) atoms. The molecule has 0 N–H and O–H groups in total. The van der Waals surface area contributed by atoms with Crippen LogP contribution >= 0.6 is 23.1 Å². The van der Waals surface area contributed by atoms with Gasteiger partial charge in [0.05, 0.1) is 4.21 Å². The third-order valence-electron chi connectivity index (χ3n) is 3.51. The highest BCUT2D eigenvalue weighted by molar-refractivity contribution is 8.00. The van der Waals surface area contributed by atoms with Gasteiger partial charge in [-0.05, 0) is 55.4 Å². The fourth-order valence-electron chi connectivity index (χ4n) is 2.80. The number of hydrogen-bond acceptors (Lipinski definition) is 2. The second-order valence-electron chi connectivity index (χ2n) is 4.14. The summed E-state index contributed by atoms with van der Waals surface area (Å²) >= 11 is 3.97. The Morgan fingerprint density at radius 3 is 2.54 bits per heavy atom. The molecular formula is C11H14S2. The molecule has 0 atom stereocenters. The zero-order valence-corrected chi connectivity index (χ0v) is 9.51. The molecule has 0 radical (unpaired) electrons. The van der Waals surface area contributed by atoms with Gasteiger partial charge in [0.1, 0.15) is 0 Å². The normalized spacial score (nSPS) is 30.5. The van der Waals surface area contributed by atoms with Crippen molar-refractivity contribution in [3.05, 3.63) is 16.5 Å². The molecule has 0 amide bonds. The summed E-state index contributed by atoms with van der Waals surface area (Å²) in [6, 6.07) is 2.46. The largest absolute Gasteiger partial charge is 0.133 e. The van der Waals surface area contributed by atoms with E-state index in [-0.39, 0.29) is 0 Å². The van der Waals surface area contributed by atoms with Crippen LogP contribution in [0.3, 0.4) is 0 Å². The van der Waals surface area contributed by atoms with Crippen LogP contribution in [0, 0.1) is 0 Å². The molecule has 0 aliphatic heterocycles. The van der Waals surface area contributed by atoms with Gasteiger partial charge in [-0.25, -0.2) is 0 Å². The second-order valence-corrected chi connectivity index (χ2v) is 6.33. The summed E-state index contributed by atoms with van der Waals surface area (Å²) < 4.78 is 1.53. The van der Waals surface area contributed by atoms with Crippen LogP contribution in [0.1, 0.15) is 48.0 Å². The SMILES string of the molecule is CSc1cc2c(s1)C1CCC2CC1. The van der Waals surface area contributed by atoms with Crippen LogP contribution in [0.5, 0.6) is 0 Å². The summed E-state index contributed by atoms with van der Waals surface area (Å²) in [6.07, 6.45) is 8.04. The van der Waals surface area contributed by atoms with Crippen LogP contribution in [0.15, 0.2) is 10.3 Å². The molecule has 1 saturated carbocycles. The predicted octanol–water partition coefficient (Wildman–Crippen LogP) is 4.22. The molecule has 0 saturated heterocycles. The molecular weight excluding hydrogens is 196 g/mol. The number of thioether (sulfide) groups is 1. The molecule has 70 valence electrons. The topological polar surface area (TPSA) is 0 Å². The first kappa shape index (κ1) is 8.37. The van der Waals surface area contributed by atoms with E-state index < -0.39 is 0 Å². The monoisotopic (exact) mass is 210 g/mol. The van der Waals surface area contributed by atoms with E-state index in [9.17, 15) is 0 Å². The predicted molar refractivity (Wildman–Crippen MR) is 60.1 cm³/mol. The average Bonchev–Trinajstić information content (AvgIpc) is 2.64. The summed E-state index contributed by atoms with van der Waals surface area (Å²) in [5, 5.41) is 0. The Hall–Kier alpha value is 0.0500. The maximum atomic E-state index is 2.46. The maximum Gasteiger partial charge on any atom is 0.0601 e. The van der Waals surface area contributed by atoms with Crippen molar-refractivity contribution in [1.82, 2.24) is 0 Å². The van der Waals surface area contributed by atoms with Crippen molar-refractivity contribution in [3.8, 4) is 0 Å². The maximum absolute atomic E-state index is 2.46. The fraction of sp³-hybridized carbons (Fsp3) is 0.636. The molecule has 2 heteroatoms. The van der Waals surface area contributed by atoms with Gasteiger partial charge >= 0.3 is 0 Å².